The first-order valence-corrected chi connectivity index (χ1v) is 14.4. The summed E-state index contributed by atoms with van der Waals surface area (Å²) in [4.78, 5) is 43.1. The zero-order chi connectivity index (χ0) is 29.5. The van der Waals surface area contributed by atoms with E-state index in [1.165, 1.54) is 11.8 Å². The number of nitrogens with one attached hydrogen (secondary N) is 4. The Kier molecular flexibility index (Phi) is 8.84. The van der Waals surface area contributed by atoms with Crippen LogP contribution < -0.4 is 16.0 Å². The third-order valence-electron chi connectivity index (χ3n) is 6.57. The number of benzene rings is 4. The molecular weight excluding hydrogens is 544 g/mol. The van der Waals surface area contributed by atoms with Crippen molar-refractivity contribution in [3.8, 4) is 0 Å². The molecule has 5 aromatic rings. The molecular formula is C34H30N4O3S. The summed E-state index contributed by atoms with van der Waals surface area (Å²) in [5.41, 5.74) is 5.70. The summed E-state index contributed by atoms with van der Waals surface area (Å²) >= 11 is 1.37. The monoisotopic (exact) mass is 574 g/mol. The predicted octanol–water partition coefficient (Wildman–Crippen LogP) is 6.93. The number of hydrogen-bond acceptors (Lipinski definition) is 4. The van der Waals surface area contributed by atoms with Crippen molar-refractivity contribution in [2.24, 2.45) is 0 Å². The lowest BCUT2D eigenvalue weighted by Crippen LogP contribution is -2.30. The number of carbonyl (C=O) groups is 3. The van der Waals surface area contributed by atoms with Crippen LogP contribution in [0.1, 0.15) is 27.0 Å². The topological polar surface area (TPSA) is 103 Å². The Balaban J connectivity index is 1.30. The lowest BCUT2D eigenvalue weighted by atomic mass is 10.1. The molecule has 3 amide bonds. The lowest BCUT2D eigenvalue weighted by Gasteiger charge is -2.12. The highest BCUT2D eigenvalue weighted by molar-refractivity contribution is 8.00. The number of anilines is 2. The number of fused-ring (bicyclic) bond motifs is 1. The maximum Gasteiger partial charge on any atom is 0.272 e. The highest BCUT2D eigenvalue weighted by atomic mass is 32.2. The van der Waals surface area contributed by atoms with Crippen molar-refractivity contribution in [2.45, 2.75) is 18.7 Å². The van der Waals surface area contributed by atoms with E-state index in [2.05, 4.69) is 20.9 Å². The minimum atomic E-state index is -0.473. The molecule has 0 aliphatic carbocycles. The van der Waals surface area contributed by atoms with E-state index in [9.17, 15) is 14.4 Å². The molecule has 4 aromatic carbocycles. The van der Waals surface area contributed by atoms with Crippen LogP contribution in [-0.2, 0) is 9.59 Å². The molecule has 42 heavy (non-hydrogen) atoms. The zero-order valence-corrected chi connectivity index (χ0v) is 24.0. The van der Waals surface area contributed by atoms with Crippen LogP contribution in [0.15, 0.2) is 114 Å². The van der Waals surface area contributed by atoms with Crippen molar-refractivity contribution in [3.63, 3.8) is 0 Å². The van der Waals surface area contributed by atoms with Crippen LogP contribution in [0.2, 0.25) is 0 Å². The number of aromatic amines is 1. The largest absolute Gasteiger partial charge is 0.361 e. The normalized spacial score (nSPS) is 11.2. The summed E-state index contributed by atoms with van der Waals surface area (Å²) < 4.78 is 0. The number of H-pyrrole nitrogens is 1. The summed E-state index contributed by atoms with van der Waals surface area (Å²) in [6, 6.07) is 29.6. The Morgan fingerprint density at radius 3 is 2.43 bits per heavy atom. The van der Waals surface area contributed by atoms with Gasteiger partial charge in [0.2, 0.25) is 5.91 Å². The number of aryl methyl sites for hydroxylation is 2. The van der Waals surface area contributed by atoms with Crippen molar-refractivity contribution in [1.29, 1.82) is 0 Å². The van der Waals surface area contributed by atoms with E-state index in [-0.39, 0.29) is 17.4 Å². The van der Waals surface area contributed by atoms with Gasteiger partial charge in [-0.05, 0) is 68.0 Å². The molecule has 0 saturated carbocycles. The van der Waals surface area contributed by atoms with Gasteiger partial charge in [0, 0.05) is 44.5 Å². The number of amides is 3. The molecule has 0 fully saturated rings. The Morgan fingerprint density at radius 1 is 0.833 bits per heavy atom. The number of rotatable bonds is 9. The Bertz CT molecular complexity index is 1790. The molecule has 1 heterocycles. The third-order valence-corrected chi connectivity index (χ3v) is 7.56. The Morgan fingerprint density at radius 2 is 1.62 bits per heavy atom. The second kappa shape index (κ2) is 13.1. The fourth-order valence-corrected chi connectivity index (χ4v) is 5.22. The van der Waals surface area contributed by atoms with E-state index >= 15 is 0 Å². The van der Waals surface area contributed by atoms with Gasteiger partial charge in [0.05, 0.1) is 5.75 Å². The molecule has 0 spiro atoms. The van der Waals surface area contributed by atoms with Crippen molar-refractivity contribution in [2.75, 3.05) is 16.4 Å². The number of aromatic nitrogens is 1. The predicted molar refractivity (Wildman–Crippen MR) is 171 cm³/mol. The average molecular weight is 575 g/mol. The van der Waals surface area contributed by atoms with Gasteiger partial charge in [0.25, 0.3) is 11.8 Å². The van der Waals surface area contributed by atoms with Crippen molar-refractivity contribution < 1.29 is 14.4 Å². The lowest BCUT2D eigenvalue weighted by molar-refractivity contribution is -0.114. The molecule has 0 aliphatic heterocycles. The van der Waals surface area contributed by atoms with E-state index in [4.69, 9.17) is 0 Å². The minimum Gasteiger partial charge on any atom is -0.361 e. The molecule has 0 unspecified atom stereocenters. The molecule has 0 aliphatic rings. The zero-order valence-electron chi connectivity index (χ0n) is 23.2. The molecule has 4 N–H and O–H groups in total. The number of carbonyl (C=O) groups excluding carboxylic acids is 3. The number of thioether (sulfide) groups is 1. The van der Waals surface area contributed by atoms with Gasteiger partial charge in [-0.3, -0.25) is 14.4 Å². The summed E-state index contributed by atoms with van der Waals surface area (Å²) in [7, 11) is 0. The Labute approximate surface area is 248 Å². The SMILES string of the molecule is Cc1ccc(NC(=O)CSc2cccc(NC(=O)/C(=C/c3c[nH]c4ccccc34)NC(=O)c3ccccc3)c2)c(C)c1. The van der Waals surface area contributed by atoms with Gasteiger partial charge in [-0.2, -0.15) is 0 Å². The summed E-state index contributed by atoms with van der Waals surface area (Å²) in [6.07, 6.45) is 3.46. The van der Waals surface area contributed by atoms with E-state index in [1.54, 1.807) is 48.7 Å². The van der Waals surface area contributed by atoms with Crippen molar-refractivity contribution >= 4 is 57.8 Å². The molecule has 210 valence electrons. The first kappa shape index (κ1) is 28.4. The second-order valence-corrected chi connectivity index (χ2v) is 10.9. The third kappa shape index (κ3) is 7.16. The van der Waals surface area contributed by atoms with Gasteiger partial charge >= 0.3 is 0 Å². The quantitative estimate of drug-likeness (QED) is 0.113. The standard InChI is InChI=1S/C34H30N4O3S/c1-22-15-16-29(23(2)17-22)37-32(39)21-42-27-12-8-11-26(19-27)36-34(41)31(38-33(40)24-9-4-3-5-10-24)18-25-20-35-30-14-7-6-13-28(25)30/h3-20,35H,21H2,1-2H3,(H,36,41)(H,37,39)(H,38,40)/b31-18-. The molecule has 7 nitrogen and oxygen atoms in total. The van der Waals surface area contributed by atoms with Crippen LogP contribution in [0.5, 0.6) is 0 Å². The van der Waals surface area contributed by atoms with E-state index in [1.807, 2.05) is 74.5 Å². The summed E-state index contributed by atoms with van der Waals surface area (Å²) in [5, 5.41) is 9.55. The Hall–Kier alpha value is -5.08. The van der Waals surface area contributed by atoms with Gasteiger partial charge < -0.3 is 20.9 Å². The fraction of sp³-hybridized carbons (Fsp3) is 0.0882. The molecule has 0 bridgehead atoms. The van der Waals surface area contributed by atoms with E-state index < -0.39 is 11.8 Å². The van der Waals surface area contributed by atoms with Gasteiger partial charge in [0.1, 0.15) is 5.70 Å². The van der Waals surface area contributed by atoms with Gasteiger partial charge in [0.15, 0.2) is 0 Å². The number of hydrogen-bond donors (Lipinski definition) is 4. The van der Waals surface area contributed by atoms with Gasteiger partial charge in [-0.25, -0.2) is 0 Å². The highest BCUT2D eigenvalue weighted by Gasteiger charge is 2.16. The van der Waals surface area contributed by atoms with Crippen molar-refractivity contribution in [3.05, 3.63) is 131 Å². The molecule has 5 rings (SSSR count). The second-order valence-electron chi connectivity index (χ2n) is 9.80. The van der Waals surface area contributed by atoms with Gasteiger partial charge in [-0.1, -0.05) is 60.2 Å². The summed E-state index contributed by atoms with van der Waals surface area (Å²) in [5.74, 6) is -0.770. The molecule has 0 atom stereocenters. The van der Waals surface area contributed by atoms with Crippen molar-refractivity contribution in [1.82, 2.24) is 10.3 Å². The molecule has 0 saturated heterocycles. The van der Waals surface area contributed by atoms with Crippen LogP contribution in [0.3, 0.4) is 0 Å². The minimum absolute atomic E-state index is 0.0968. The smallest absolute Gasteiger partial charge is 0.272 e. The van der Waals surface area contributed by atoms with Crippen LogP contribution in [0.4, 0.5) is 11.4 Å². The van der Waals surface area contributed by atoms with Gasteiger partial charge in [-0.15, -0.1) is 11.8 Å². The number of para-hydroxylation sites is 1. The van der Waals surface area contributed by atoms with Crippen LogP contribution in [0.25, 0.3) is 17.0 Å². The summed E-state index contributed by atoms with van der Waals surface area (Å²) in [6.45, 7) is 3.98. The molecule has 8 heteroatoms. The van der Waals surface area contributed by atoms with E-state index in [0.29, 0.717) is 11.3 Å². The molecule has 0 radical (unpaired) electrons. The molecule has 1 aromatic heterocycles. The maximum absolute atomic E-state index is 13.5. The van der Waals surface area contributed by atoms with Crippen LogP contribution in [-0.4, -0.2) is 28.5 Å². The highest BCUT2D eigenvalue weighted by Crippen LogP contribution is 2.24. The van der Waals surface area contributed by atoms with Crippen LogP contribution >= 0.6 is 11.8 Å². The van der Waals surface area contributed by atoms with Crippen LogP contribution in [0, 0.1) is 13.8 Å². The fourth-order valence-electron chi connectivity index (χ4n) is 4.46. The average Bonchev–Trinajstić information content (AvgIpc) is 3.40. The first-order valence-electron chi connectivity index (χ1n) is 13.4. The first-order chi connectivity index (χ1) is 20.4. The van der Waals surface area contributed by atoms with E-state index in [0.717, 1.165) is 38.2 Å². The maximum atomic E-state index is 13.5.